The molecule has 1 N–H and O–H groups in total. The Balaban J connectivity index is 1.51. The molecular formula is C22H21Cl2N3O2S. The van der Waals surface area contributed by atoms with Crippen molar-refractivity contribution in [2.45, 2.75) is 12.5 Å². The molecule has 30 heavy (non-hydrogen) atoms. The molecule has 0 aliphatic carbocycles. The number of aromatic amines is 1. The van der Waals surface area contributed by atoms with Crippen molar-refractivity contribution >= 4 is 60.8 Å². The van der Waals surface area contributed by atoms with Gasteiger partial charge in [0.25, 0.3) is 0 Å². The van der Waals surface area contributed by atoms with Gasteiger partial charge in [0.2, 0.25) is 0 Å². The molecule has 0 fully saturated rings. The summed E-state index contributed by atoms with van der Waals surface area (Å²) in [6.07, 6.45) is 0. The predicted octanol–water partition coefficient (Wildman–Crippen LogP) is 5.85. The molecule has 1 aliphatic rings. The first-order valence-electron chi connectivity index (χ1n) is 9.80. The number of methoxy groups -OCH3 is 1. The number of thiazole rings is 1. The zero-order chi connectivity index (χ0) is 20.7. The summed E-state index contributed by atoms with van der Waals surface area (Å²) in [4.78, 5) is 10.8. The van der Waals surface area contributed by atoms with Crippen LogP contribution in [0.5, 0.6) is 0 Å². The van der Waals surface area contributed by atoms with Crippen molar-refractivity contribution in [2.75, 3.05) is 38.4 Å². The molecule has 1 atom stereocenters. The highest BCUT2D eigenvalue weighted by Crippen LogP contribution is 2.40. The van der Waals surface area contributed by atoms with Crippen molar-refractivity contribution in [1.29, 1.82) is 0 Å². The average Bonchev–Trinajstić information content (AvgIpc) is 3.31. The molecule has 0 spiro atoms. The molecule has 2 aromatic heterocycles. The molecule has 0 bridgehead atoms. The minimum atomic E-state index is 0.202. The first-order chi connectivity index (χ1) is 14.6. The number of hydrogen-bond acceptors (Lipinski definition) is 5. The molecule has 156 valence electrons. The fraction of sp³-hybridized carbons (Fsp3) is 0.318. The van der Waals surface area contributed by atoms with E-state index in [1.54, 1.807) is 18.4 Å². The molecule has 1 unspecified atom stereocenters. The van der Waals surface area contributed by atoms with Crippen molar-refractivity contribution in [3.05, 3.63) is 57.7 Å². The quantitative estimate of drug-likeness (QED) is 0.365. The first-order valence-corrected chi connectivity index (χ1v) is 11.4. The standard InChI is InChI=1S/C22H21Cl2N3O2S/c1-28-6-7-29-12-13-10-27(22-26-18-5-3-15(24)9-20(18)30-22)11-19-21(13)16-8-14(23)2-4-17(16)25-19/h2-5,8-9,13,25H,6-7,10-12H2,1H3. The minimum Gasteiger partial charge on any atom is -0.382 e. The molecule has 0 amide bonds. The molecule has 2 aromatic carbocycles. The second kappa shape index (κ2) is 8.36. The summed E-state index contributed by atoms with van der Waals surface area (Å²) in [6.45, 7) is 3.37. The fourth-order valence-corrected chi connectivity index (χ4v) is 5.54. The highest BCUT2D eigenvalue weighted by atomic mass is 35.5. The van der Waals surface area contributed by atoms with Crippen LogP contribution in [0.3, 0.4) is 0 Å². The summed E-state index contributed by atoms with van der Waals surface area (Å²) in [5.41, 5.74) is 4.56. The van der Waals surface area contributed by atoms with Crippen LogP contribution in [-0.2, 0) is 16.0 Å². The van der Waals surface area contributed by atoms with Crippen molar-refractivity contribution in [3.63, 3.8) is 0 Å². The van der Waals surface area contributed by atoms with E-state index in [1.165, 1.54) is 16.6 Å². The van der Waals surface area contributed by atoms with Crippen molar-refractivity contribution in [2.24, 2.45) is 0 Å². The van der Waals surface area contributed by atoms with Gasteiger partial charge in [-0.05, 0) is 42.0 Å². The Labute approximate surface area is 188 Å². The highest BCUT2D eigenvalue weighted by Gasteiger charge is 2.30. The number of hydrogen-bond donors (Lipinski definition) is 1. The van der Waals surface area contributed by atoms with E-state index >= 15 is 0 Å². The largest absolute Gasteiger partial charge is 0.382 e. The number of rotatable bonds is 6. The SMILES string of the molecule is COCCOCC1CN(c2nc3ccc(Cl)cc3s2)Cc2[nH]c3ccc(Cl)cc3c21. The number of anilines is 1. The molecule has 1 aliphatic heterocycles. The van der Waals surface area contributed by atoms with Crippen LogP contribution >= 0.6 is 34.5 Å². The van der Waals surface area contributed by atoms with Gasteiger partial charge in [0.15, 0.2) is 5.13 Å². The number of fused-ring (bicyclic) bond motifs is 4. The van der Waals surface area contributed by atoms with Gasteiger partial charge in [0.05, 0.1) is 36.6 Å². The predicted molar refractivity (Wildman–Crippen MR) is 124 cm³/mol. The Morgan fingerprint density at radius 3 is 2.87 bits per heavy atom. The van der Waals surface area contributed by atoms with Gasteiger partial charge in [0, 0.05) is 46.2 Å². The maximum absolute atomic E-state index is 6.30. The van der Waals surface area contributed by atoms with E-state index < -0.39 is 0 Å². The van der Waals surface area contributed by atoms with Crippen LogP contribution in [0.4, 0.5) is 5.13 Å². The Bertz CT molecular complexity index is 1210. The molecular weight excluding hydrogens is 441 g/mol. The van der Waals surface area contributed by atoms with Gasteiger partial charge < -0.3 is 19.4 Å². The molecule has 0 radical (unpaired) electrons. The van der Waals surface area contributed by atoms with Gasteiger partial charge in [-0.15, -0.1) is 0 Å². The van der Waals surface area contributed by atoms with Crippen molar-refractivity contribution in [3.8, 4) is 0 Å². The molecule has 0 saturated carbocycles. The smallest absolute Gasteiger partial charge is 0.186 e. The zero-order valence-corrected chi connectivity index (χ0v) is 18.8. The lowest BCUT2D eigenvalue weighted by Crippen LogP contribution is -2.35. The summed E-state index contributed by atoms with van der Waals surface area (Å²) < 4.78 is 12.2. The number of nitrogens with zero attached hydrogens (tertiary/aromatic N) is 2. The Morgan fingerprint density at radius 1 is 1.17 bits per heavy atom. The monoisotopic (exact) mass is 461 g/mol. The molecule has 3 heterocycles. The van der Waals surface area contributed by atoms with Gasteiger partial charge in [0.1, 0.15) is 0 Å². The Kier molecular flexibility index (Phi) is 5.60. The first kappa shape index (κ1) is 20.1. The van der Waals surface area contributed by atoms with Gasteiger partial charge >= 0.3 is 0 Å². The van der Waals surface area contributed by atoms with Crippen LogP contribution in [-0.4, -0.2) is 43.4 Å². The van der Waals surface area contributed by atoms with E-state index in [4.69, 9.17) is 37.7 Å². The fourth-order valence-electron chi connectivity index (χ4n) is 4.12. The number of nitrogens with one attached hydrogen (secondary N) is 1. The van der Waals surface area contributed by atoms with Crippen molar-refractivity contribution < 1.29 is 9.47 Å². The van der Waals surface area contributed by atoms with Crippen LogP contribution in [0, 0.1) is 0 Å². The summed E-state index contributed by atoms with van der Waals surface area (Å²) in [6, 6.07) is 11.8. The lowest BCUT2D eigenvalue weighted by Gasteiger charge is -2.33. The van der Waals surface area contributed by atoms with E-state index in [0.717, 1.165) is 44.0 Å². The lowest BCUT2D eigenvalue weighted by atomic mass is 9.92. The third-order valence-electron chi connectivity index (χ3n) is 5.44. The summed E-state index contributed by atoms with van der Waals surface area (Å²) in [7, 11) is 1.69. The minimum absolute atomic E-state index is 0.202. The maximum atomic E-state index is 6.30. The normalized spacial score (nSPS) is 16.5. The second-order valence-electron chi connectivity index (χ2n) is 7.46. The van der Waals surface area contributed by atoms with E-state index in [1.807, 2.05) is 36.4 Å². The van der Waals surface area contributed by atoms with Crippen LogP contribution in [0.25, 0.3) is 21.1 Å². The molecule has 5 nitrogen and oxygen atoms in total. The highest BCUT2D eigenvalue weighted by molar-refractivity contribution is 7.22. The molecule has 8 heteroatoms. The van der Waals surface area contributed by atoms with Gasteiger partial charge in [-0.2, -0.15) is 0 Å². The zero-order valence-electron chi connectivity index (χ0n) is 16.5. The van der Waals surface area contributed by atoms with E-state index in [2.05, 4.69) is 9.88 Å². The van der Waals surface area contributed by atoms with E-state index in [9.17, 15) is 0 Å². The van der Waals surface area contributed by atoms with Crippen LogP contribution in [0.15, 0.2) is 36.4 Å². The third-order valence-corrected chi connectivity index (χ3v) is 6.99. The van der Waals surface area contributed by atoms with Gasteiger partial charge in [-0.25, -0.2) is 4.98 Å². The molecule has 5 rings (SSSR count). The van der Waals surface area contributed by atoms with E-state index in [0.29, 0.717) is 19.8 Å². The Hall–Kier alpha value is -1.83. The van der Waals surface area contributed by atoms with Crippen LogP contribution < -0.4 is 4.90 Å². The number of aromatic nitrogens is 2. The summed E-state index contributed by atoms with van der Waals surface area (Å²) in [5.74, 6) is 0.202. The van der Waals surface area contributed by atoms with Crippen molar-refractivity contribution in [1.82, 2.24) is 9.97 Å². The number of ether oxygens (including phenoxy) is 2. The van der Waals surface area contributed by atoms with E-state index in [-0.39, 0.29) is 5.92 Å². The number of benzene rings is 2. The number of halogens is 2. The Morgan fingerprint density at radius 2 is 2.00 bits per heavy atom. The summed E-state index contributed by atoms with van der Waals surface area (Å²) in [5, 5.41) is 3.65. The summed E-state index contributed by atoms with van der Waals surface area (Å²) >= 11 is 14.1. The van der Waals surface area contributed by atoms with Crippen LogP contribution in [0.1, 0.15) is 17.2 Å². The van der Waals surface area contributed by atoms with Gasteiger partial charge in [-0.1, -0.05) is 34.5 Å². The molecule has 0 saturated heterocycles. The van der Waals surface area contributed by atoms with Crippen LogP contribution in [0.2, 0.25) is 10.0 Å². The topological polar surface area (TPSA) is 50.4 Å². The second-order valence-corrected chi connectivity index (χ2v) is 9.34. The third kappa shape index (κ3) is 3.79. The average molecular weight is 462 g/mol. The molecule has 4 aromatic rings. The van der Waals surface area contributed by atoms with Gasteiger partial charge in [-0.3, -0.25) is 0 Å². The number of H-pyrrole nitrogens is 1. The maximum Gasteiger partial charge on any atom is 0.186 e. The lowest BCUT2D eigenvalue weighted by molar-refractivity contribution is 0.0630.